The van der Waals surface area contributed by atoms with Gasteiger partial charge in [-0.1, -0.05) is 40.0 Å². The van der Waals surface area contributed by atoms with Gasteiger partial charge in [0.1, 0.15) is 0 Å². The zero-order chi connectivity index (χ0) is 11.5. The quantitative estimate of drug-likeness (QED) is 0.562. The van der Waals surface area contributed by atoms with Crippen molar-refractivity contribution >= 4 is 11.6 Å². The summed E-state index contributed by atoms with van der Waals surface area (Å²) in [5, 5.41) is 3.57. The lowest BCUT2D eigenvalue weighted by Crippen LogP contribution is -2.27. The molecule has 0 spiro atoms. The lowest BCUT2D eigenvalue weighted by Gasteiger charge is -2.17. The van der Waals surface area contributed by atoms with Crippen LogP contribution in [-0.2, 0) is 0 Å². The van der Waals surface area contributed by atoms with E-state index >= 15 is 0 Å². The molecule has 0 bridgehead atoms. The summed E-state index contributed by atoms with van der Waals surface area (Å²) < 4.78 is 0. The van der Waals surface area contributed by atoms with Crippen molar-refractivity contribution in [1.29, 1.82) is 0 Å². The molecular weight excluding hydrogens is 206 g/mol. The first-order valence-corrected chi connectivity index (χ1v) is 7.04. The zero-order valence-corrected chi connectivity index (χ0v) is 11.4. The third-order valence-corrected chi connectivity index (χ3v) is 3.29. The molecule has 0 rings (SSSR count). The van der Waals surface area contributed by atoms with Crippen LogP contribution < -0.4 is 5.32 Å². The van der Waals surface area contributed by atoms with E-state index in [0.717, 1.165) is 24.8 Å². The number of rotatable bonds is 10. The molecule has 1 nitrogen and oxygen atoms in total. The molecule has 2 atom stereocenters. The highest BCUT2D eigenvalue weighted by molar-refractivity contribution is 6.17. The highest BCUT2D eigenvalue weighted by atomic mass is 35.5. The van der Waals surface area contributed by atoms with Crippen molar-refractivity contribution in [1.82, 2.24) is 5.32 Å². The Labute approximate surface area is 101 Å². The highest BCUT2D eigenvalue weighted by Gasteiger charge is 2.06. The van der Waals surface area contributed by atoms with Gasteiger partial charge in [-0.3, -0.25) is 0 Å². The Hall–Kier alpha value is 0.250. The molecule has 0 aromatic carbocycles. The van der Waals surface area contributed by atoms with E-state index in [9.17, 15) is 0 Å². The van der Waals surface area contributed by atoms with Crippen molar-refractivity contribution in [2.45, 2.75) is 52.9 Å². The van der Waals surface area contributed by atoms with Gasteiger partial charge < -0.3 is 5.32 Å². The van der Waals surface area contributed by atoms with Crippen LogP contribution in [0.4, 0.5) is 0 Å². The molecule has 0 heterocycles. The van der Waals surface area contributed by atoms with Crippen molar-refractivity contribution in [3.05, 3.63) is 0 Å². The molecule has 0 saturated heterocycles. The topological polar surface area (TPSA) is 12.0 Å². The molecule has 15 heavy (non-hydrogen) atoms. The average Bonchev–Trinajstić information content (AvgIpc) is 2.23. The minimum atomic E-state index is 0.714. The van der Waals surface area contributed by atoms with E-state index in [1.165, 1.54) is 32.2 Å². The fourth-order valence-electron chi connectivity index (χ4n) is 1.77. The van der Waals surface area contributed by atoms with Crippen LogP contribution in [0.1, 0.15) is 52.9 Å². The van der Waals surface area contributed by atoms with E-state index in [-0.39, 0.29) is 0 Å². The molecule has 0 amide bonds. The minimum Gasteiger partial charge on any atom is -0.316 e. The standard InChI is InChI=1S/C13H28ClN/c1-4-6-7-13(5-2)11-15-10-12(3)8-9-14/h12-13,15H,4-11H2,1-3H3. The number of nitrogens with one attached hydrogen (secondary N) is 1. The van der Waals surface area contributed by atoms with Gasteiger partial charge in [0, 0.05) is 5.88 Å². The maximum Gasteiger partial charge on any atom is 0.0226 e. The van der Waals surface area contributed by atoms with Crippen LogP contribution in [0.2, 0.25) is 0 Å². The van der Waals surface area contributed by atoms with E-state index in [4.69, 9.17) is 11.6 Å². The fraction of sp³-hybridized carbons (Fsp3) is 1.00. The maximum atomic E-state index is 5.71. The molecule has 2 heteroatoms. The van der Waals surface area contributed by atoms with Gasteiger partial charge in [0.25, 0.3) is 0 Å². The summed E-state index contributed by atoms with van der Waals surface area (Å²) in [6.45, 7) is 9.13. The molecule has 92 valence electrons. The van der Waals surface area contributed by atoms with Crippen LogP contribution in [0.3, 0.4) is 0 Å². The Morgan fingerprint density at radius 3 is 2.40 bits per heavy atom. The summed E-state index contributed by atoms with van der Waals surface area (Å²) in [4.78, 5) is 0. The summed E-state index contributed by atoms with van der Waals surface area (Å²) in [7, 11) is 0. The predicted molar refractivity (Wildman–Crippen MR) is 70.7 cm³/mol. The third-order valence-electron chi connectivity index (χ3n) is 3.07. The lowest BCUT2D eigenvalue weighted by atomic mass is 9.99. The van der Waals surface area contributed by atoms with Gasteiger partial charge in [-0.15, -0.1) is 11.6 Å². The van der Waals surface area contributed by atoms with Gasteiger partial charge in [0.15, 0.2) is 0 Å². The Morgan fingerprint density at radius 2 is 1.87 bits per heavy atom. The smallest absolute Gasteiger partial charge is 0.0226 e. The van der Waals surface area contributed by atoms with Crippen LogP contribution in [-0.4, -0.2) is 19.0 Å². The van der Waals surface area contributed by atoms with E-state index in [1.54, 1.807) is 0 Å². The minimum absolute atomic E-state index is 0.714. The lowest BCUT2D eigenvalue weighted by molar-refractivity contribution is 0.397. The molecule has 0 aliphatic carbocycles. The first kappa shape index (κ1) is 15.2. The number of hydrogen-bond donors (Lipinski definition) is 1. The fourth-order valence-corrected chi connectivity index (χ4v) is 2.14. The SMILES string of the molecule is CCCCC(CC)CNCC(C)CCCl. The molecule has 0 aliphatic rings. The third kappa shape index (κ3) is 9.19. The first-order chi connectivity index (χ1) is 7.24. The Morgan fingerprint density at radius 1 is 1.13 bits per heavy atom. The van der Waals surface area contributed by atoms with E-state index in [2.05, 4.69) is 26.1 Å². The van der Waals surface area contributed by atoms with Crippen molar-refractivity contribution in [2.24, 2.45) is 11.8 Å². The molecule has 0 aromatic heterocycles. The molecule has 0 aliphatic heterocycles. The van der Waals surface area contributed by atoms with Crippen LogP contribution in [0, 0.1) is 11.8 Å². The summed E-state index contributed by atoms with van der Waals surface area (Å²) in [5.41, 5.74) is 0. The van der Waals surface area contributed by atoms with E-state index < -0.39 is 0 Å². The van der Waals surface area contributed by atoms with Crippen molar-refractivity contribution in [2.75, 3.05) is 19.0 Å². The summed E-state index contributed by atoms with van der Waals surface area (Å²) >= 11 is 5.71. The summed E-state index contributed by atoms with van der Waals surface area (Å²) in [6, 6.07) is 0. The highest BCUT2D eigenvalue weighted by Crippen LogP contribution is 2.11. The number of unbranched alkanes of at least 4 members (excludes halogenated alkanes) is 1. The molecular formula is C13H28ClN. The monoisotopic (exact) mass is 233 g/mol. The van der Waals surface area contributed by atoms with Crippen LogP contribution in [0.15, 0.2) is 0 Å². The molecule has 0 saturated carbocycles. The Kier molecular flexibility index (Phi) is 10.9. The number of alkyl halides is 1. The Balaban J connectivity index is 3.44. The first-order valence-electron chi connectivity index (χ1n) is 6.51. The summed E-state index contributed by atoms with van der Waals surface area (Å²) in [5.74, 6) is 2.37. The average molecular weight is 234 g/mol. The second kappa shape index (κ2) is 10.8. The normalized spacial score (nSPS) is 15.2. The van der Waals surface area contributed by atoms with Crippen LogP contribution >= 0.6 is 11.6 Å². The van der Waals surface area contributed by atoms with Gasteiger partial charge in [-0.2, -0.15) is 0 Å². The molecule has 1 N–H and O–H groups in total. The van der Waals surface area contributed by atoms with Gasteiger partial charge in [0.05, 0.1) is 0 Å². The predicted octanol–water partition coefficient (Wildman–Crippen LogP) is 4.06. The largest absolute Gasteiger partial charge is 0.316 e. The van der Waals surface area contributed by atoms with E-state index in [0.29, 0.717) is 5.92 Å². The van der Waals surface area contributed by atoms with Crippen molar-refractivity contribution < 1.29 is 0 Å². The second-order valence-electron chi connectivity index (χ2n) is 4.66. The molecule has 0 radical (unpaired) electrons. The second-order valence-corrected chi connectivity index (χ2v) is 5.04. The van der Waals surface area contributed by atoms with Gasteiger partial charge in [-0.05, 0) is 37.8 Å². The van der Waals surface area contributed by atoms with Crippen LogP contribution in [0.5, 0.6) is 0 Å². The summed E-state index contributed by atoms with van der Waals surface area (Å²) in [6.07, 6.45) is 6.50. The Bertz CT molecular complexity index is 128. The van der Waals surface area contributed by atoms with Crippen molar-refractivity contribution in [3.63, 3.8) is 0 Å². The molecule has 2 unspecified atom stereocenters. The molecule has 0 fully saturated rings. The van der Waals surface area contributed by atoms with E-state index in [1.807, 2.05) is 0 Å². The van der Waals surface area contributed by atoms with Gasteiger partial charge in [-0.25, -0.2) is 0 Å². The van der Waals surface area contributed by atoms with Gasteiger partial charge in [0.2, 0.25) is 0 Å². The number of halogens is 1. The maximum absolute atomic E-state index is 5.71. The van der Waals surface area contributed by atoms with Crippen molar-refractivity contribution in [3.8, 4) is 0 Å². The van der Waals surface area contributed by atoms with Gasteiger partial charge >= 0.3 is 0 Å². The zero-order valence-electron chi connectivity index (χ0n) is 10.7. The van der Waals surface area contributed by atoms with Crippen LogP contribution in [0.25, 0.3) is 0 Å². The molecule has 0 aromatic rings. The number of hydrogen-bond acceptors (Lipinski definition) is 1.